The second kappa shape index (κ2) is 6.37. The van der Waals surface area contributed by atoms with Gasteiger partial charge in [0.1, 0.15) is 10.7 Å². The molecule has 0 heterocycles. The molecular formula is C11H16FN3O3S. The number of anilines is 1. The maximum absolute atomic E-state index is 13.5. The third kappa shape index (κ3) is 4.40. The zero-order valence-corrected chi connectivity index (χ0v) is 11.3. The topological polar surface area (TPSA) is 101 Å². The number of rotatable bonds is 5. The highest BCUT2D eigenvalue weighted by Gasteiger charge is 2.21. The van der Waals surface area contributed by atoms with E-state index in [-0.39, 0.29) is 5.69 Å². The van der Waals surface area contributed by atoms with Gasteiger partial charge in [-0.25, -0.2) is 22.3 Å². The highest BCUT2D eigenvalue weighted by Crippen LogP contribution is 2.16. The number of unbranched alkanes of at least 4 members (excludes halogenated alkanes) is 1. The maximum Gasteiger partial charge on any atom is 0.328 e. The first-order valence-corrected chi connectivity index (χ1v) is 7.21. The van der Waals surface area contributed by atoms with E-state index < -0.39 is 26.8 Å². The van der Waals surface area contributed by atoms with Crippen LogP contribution in [0.2, 0.25) is 0 Å². The number of carbonyl (C=O) groups is 1. The molecule has 0 bridgehead atoms. The molecule has 1 aromatic rings. The zero-order valence-electron chi connectivity index (χ0n) is 10.4. The van der Waals surface area contributed by atoms with Crippen molar-refractivity contribution in [2.75, 3.05) is 12.3 Å². The Morgan fingerprint density at radius 3 is 2.68 bits per heavy atom. The van der Waals surface area contributed by atoms with Crippen molar-refractivity contribution in [2.45, 2.75) is 24.7 Å². The fraction of sp³-hybridized carbons (Fsp3) is 0.364. The summed E-state index contributed by atoms with van der Waals surface area (Å²) in [7, 11) is -4.24. The van der Waals surface area contributed by atoms with Crippen molar-refractivity contribution >= 4 is 21.7 Å². The van der Waals surface area contributed by atoms with Gasteiger partial charge in [0.2, 0.25) is 0 Å². The molecule has 1 rings (SSSR count). The summed E-state index contributed by atoms with van der Waals surface area (Å²) in [6, 6.07) is 2.24. The van der Waals surface area contributed by atoms with E-state index >= 15 is 0 Å². The third-order valence-electron chi connectivity index (χ3n) is 2.29. The molecule has 0 saturated carbocycles. The van der Waals surface area contributed by atoms with E-state index in [1.54, 1.807) is 4.72 Å². The molecule has 6 nitrogen and oxygen atoms in total. The van der Waals surface area contributed by atoms with Gasteiger partial charge in [0.05, 0.1) is 0 Å². The molecule has 1 aromatic carbocycles. The van der Waals surface area contributed by atoms with Gasteiger partial charge in [-0.05, 0) is 24.6 Å². The van der Waals surface area contributed by atoms with Crippen LogP contribution in [0.1, 0.15) is 19.8 Å². The van der Waals surface area contributed by atoms with Crippen molar-refractivity contribution in [1.82, 2.24) is 10.0 Å². The lowest BCUT2D eigenvalue weighted by molar-refractivity contribution is 0.245. The predicted molar refractivity (Wildman–Crippen MR) is 69.4 cm³/mol. The Labute approximate surface area is 111 Å². The number of benzene rings is 1. The van der Waals surface area contributed by atoms with Gasteiger partial charge in [0.25, 0.3) is 10.0 Å². The predicted octanol–water partition coefficient (Wildman–Crippen LogP) is 1.20. The lowest BCUT2D eigenvalue weighted by atomic mass is 10.3. The molecule has 2 amide bonds. The first kappa shape index (κ1) is 15.2. The van der Waals surface area contributed by atoms with E-state index in [1.165, 1.54) is 6.07 Å². The van der Waals surface area contributed by atoms with Gasteiger partial charge in [-0.1, -0.05) is 13.3 Å². The Morgan fingerprint density at radius 2 is 2.11 bits per heavy atom. The minimum Gasteiger partial charge on any atom is -0.399 e. The summed E-state index contributed by atoms with van der Waals surface area (Å²) in [5.41, 5.74) is 5.42. The van der Waals surface area contributed by atoms with Gasteiger partial charge in [0.15, 0.2) is 0 Å². The van der Waals surface area contributed by atoms with Crippen molar-refractivity contribution < 1.29 is 17.6 Å². The fourth-order valence-electron chi connectivity index (χ4n) is 1.33. The number of hydrogen-bond acceptors (Lipinski definition) is 4. The van der Waals surface area contributed by atoms with Crippen LogP contribution < -0.4 is 15.8 Å². The van der Waals surface area contributed by atoms with Crippen LogP contribution in [0, 0.1) is 5.82 Å². The Kier molecular flexibility index (Phi) is 5.11. The summed E-state index contributed by atoms with van der Waals surface area (Å²) >= 11 is 0. The fourth-order valence-corrected chi connectivity index (χ4v) is 2.32. The number of nitrogen functional groups attached to an aromatic ring is 1. The van der Waals surface area contributed by atoms with Gasteiger partial charge in [0, 0.05) is 12.2 Å². The second-order valence-corrected chi connectivity index (χ2v) is 5.56. The zero-order chi connectivity index (χ0) is 14.5. The average molecular weight is 289 g/mol. The van der Waals surface area contributed by atoms with Gasteiger partial charge in [-0.3, -0.25) is 0 Å². The van der Waals surface area contributed by atoms with Crippen LogP contribution >= 0.6 is 0 Å². The Hall–Kier alpha value is -1.83. The highest BCUT2D eigenvalue weighted by atomic mass is 32.2. The SMILES string of the molecule is CCCCNC(=O)NS(=O)(=O)c1ccc(N)cc1F. The van der Waals surface area contributed by atoms with Crippen LogP contribution in [0.25, 0.3) is 0 Å². The van der Waals surface area contributed by atoms with Crippen LogP contribution in [-0.4, -0.2) is 21.0 Å². The number of hydrogen-bond donors (Lipinski definition) is 3. The average Bonchev–Trinajstić information content (AvgIpc) is 2.27. The first-order valence-electron chi connectivity index (χ1n) is 5.72. The van der Waals surface area contributed by atoms with Crippen molar-refractivity contribution in [3.8, 4) is 0 Å². The van der Waals surface area contributed by atoms with Crippen molar-refractivity contribution in [1.29, 1.82) is 0 Å². The van der Waals surface area contributed by atoms with E-state index in [0.717, 1.165) is 25.0 Å². The highest BCUT2D eigenvalue weighted by molar-refractivity contribution is 7.90. The molecule has 4 N–H and O–H groups in total. The monoisotopic (exact) mass is 289 g/mol. The summed E-state index contributed by atoms with van der Waals surface area (Å²) in [5, 5.41) is 2.36. The van der Waals surface area contributed by atoms with Gasteiger partial charge in [-0.2, -0.15) is 0 Å². The van der Waals surface area contributed by atoms with Crippen LogP contribution in [-0.2, 0) is 10.0 Å². The number of halogens is 1. The molecule has 0 aliphatic heterocycles. The van der Waals surface area contributed by atoms with Crippen LogP contribution in [0.15, 0.2) is 23.1 Å². The number of sulfonamides is 1. The van der Waals surface area contributed by atoms with Crippen LogP contribution in [0.3, 0.4) is 0 Å². The van der Waals surface area contributed by atoms with E-state index in [4.69, 9.17) is 5.73 Å². The summed E-state index contributed by atoms with van der Waals surface area (Å²) in [6.07, 6.45) is 1.59. The summed E-state index contributed by atoms with van der Waals surface area (Å²) in [5.74, 6) is -1.01. The Bertz CT molecular complexity index is 560. The second-order valence-electron chi connectivity index (χ2n) is 3.90. The lowest BCUT2D eigenvalue weighted by Gasteiger charge is -2.09. The van der Waals surface area contributed by atoms with Crippen molar-refractivity contribution in [3.05, 3.63) is 24.0 Å². The molecule has 106 valence electrons. The van der Waals surface area contributed by atoms with Crippen molar-refractivity contribution in [2.24, 2.45) is 0 Å². The van der Waals surface area contributed by atoms with Gasteiger partial charge >= 0.3 is 6.03 Å². The molecule has 0 spiro atoms. The largest absolute Gasteiger partial charge is 0.399 e. The van der Waals surface area contributed by atoms with E-state index in [2.05, 4.69) is 5.32 Å². The number of carbonyl (C=O) groups excluding carboxylic acids is 1. The first-order chi connectivity index (χ1) is 8.86. The summed E-state index contributed by atoms with van der Waals surface area (Å²) in [6.45, 7) is 2.28. The molecule has 8 heteroatoms. The van der Waals surface area contributed by atoms with Gasteiger partial charge < -0.3 is 11.1 Å². The third-order valence-corrected chi connectivity index (χ3v) is 3.65. The van der Waals surface area contributed by atoms with Crippen LogP contribution in [0.5, 0.6) is 0 Å². The molecule has 0 aliphatic carbocycles. The van der Waals surface area contributed by atoms with Gasteiger partial charge in [-0.15, -0.1) is 0 Å². The normalized spacial score (nSPS) is 11.1. The number of amides is 2. The van der Waals surface area contributed by atoms with E-state index in [0.29, 0.717) is 6.54 Å². The molecule has 0 fully saturated rings. The maximum atomic E-state index is 13.5. The number of nitrogens with one attached hydrogen (secondary N) is 2. The lowest BCUT2D eigenvalue weighted by Crippen LogP contribution is -2.40. The molecule has 0 aliphatic rings. The summed E-state index contributed by atoms with van der Waals surface area (Å²) < 4.78 is 38.7. The number of nitrogens with two attached hydrogens (primary N) is 1. The molecule has 19 heavy (non-hydrogen) atoms. The van der Waals surface area contributed by atoms with E-state index in [9.17, 15) is 17.6 Å². The standard InChI is InChI=1S/C11H16FN3O3S/c1-2-3-6-14-11(16)15-19(17,18)10-5-4-8(13)7-9(10)12/h4-5,7H,2-3,6,13H2,1H3,(H2,14,15,16). The number of urea groups is 1. The minimum absolute atomic E-state index is 0.101. The molecule has 0 aromatic heterocycles. The van der Waals surface area contributed by atoms with E-state index in [1.807, 2.05) is 6.92 Å². The molecular weight excluding hydrogens is 273 g/mol. The molecule has 0 atom stereocenters. The minimum atomic E-state index is -4.24. The quantitative estimate of drug-likeness (QED) is 0.560. The molecule has 0 unspecified atom stereocenters. The molecule has 0 radical (unpaired) electrons. The molecule has 0 saturated heterocycles. The Morgan fingerprint density at radius 1 is 1.42 bits per heavy atom. The smallest absolute Gasteiger partial charge is 0.328 e. The Balaban J connectivity index is 2.78. The summed E-state index contributed by atoms with van der Waals surface area (Å²) in [4.78, 5) is 10.7. The van der Waals surface area contributed by atoms with Crippen molar-refractivity contribution in [3.63, 3.8) is 0 Å². The van der Waals surface area contributed by atoms with Crippen LogP contribution in [0.4, 0.5) is 14.9 Å².